The highest BCUT2D eigenvalue weighted by Crippen LogP contribution is 2.55. The minimum absolute atomic E-state index is 0.0529. The standard InChI is InChI=1S/C24H22ClN3/c1-27(2)20-14-10-18(11-15-20)24-26-21(16-8-12-19(25)13-9-16)23-22(28(23)24)17-6-4-3-5-7-17/h3-15,22-24H,1-2H3/t22-,23-,24-,28?/m1/s1. The van der Waals surface area contributed by atoms with Crippen molar-refractivity contribution in [2.24, 2.45) is 4.99 Å². The number of hydrogen-bond donors (Lipinski definition) is 0. The highest BCUT2D eigenvalue weighted by Gasteiger charge is 2.59. The van der Waals surface area contributed by atoms with Crippen LogP contribution < -0.4 is 4.90 Å². The van der Waals surface area contributed by atoms with Gasteiger partial charge >= 0.3 is 0 Å². The molecule has 3 aromatic rings. The molecule has 1 fully saturated rings. The Morgan fingerprint density at radius 2 is 1.46 bits per heavy atom. The summed E-state index contributed by atoms with van der Waals surface area (Å²) in [6.07, 6.45) is 0.0529. The van der Waals surface area contributed by atoms with Crippen LogP contribution in [0.1, 0.15) is 28.9 Å². The summed E-state index contributed by atoms with van der Waals surface area (Å²) in [6, 6.07) is 28.2. The molecule has 3 aromatic carbocycles. The van der Waals surface area contributed by atoms with E-state index in [1.54, 1.807) is 0 Å². The van der Waals surface area contributed by atoms with Gasteiger partial charge in [-0.3, -0.25) is 9.89 Å². The Morgan fingerprint density at radius 1 is 0.786 bits per heavy atom. The molecule has 0 aliphatic carbocycles. The third kappa shape index (κ3) is 2.92. The minimum Gasteiger partial charge on any atom is -0.378 e. The van der Waals surface area contributed by atoms with E-state index in [1.165, 1.54) is 16.8 Å². The monoisotopic (exact) mass is 387 g/mol. The van der Waals surface area contributed by atoms with Gasteiger partial charge in [0.05, 0.1) is 17.8 Å². The molecule has 0 saturated carbocycles. The van der Waals surface area contributed by atoms with Crippen LogP contribution in [0.25, 0.3) is 0 Å². The van der Waals surface area contributed by atoms with Gasteiger partial charge in [-0.15, -0.1) is 0 Å². The van der Waals surface area contributed by atoms with Crippen LogP contribution >= 0.6 is 11.6 Å². The summed E-state index contributed by atoms with van der Waals surface area (Å²) in [5.41, 5.74) is 6.10. The van der Waals surface area contributed by atoms with E-state index in [1.807, 2.05) is 12.1 Å². The number of anilines is 1. The van der Waals surface area contributed by atoms with Crippen molar-refractivity contribution < 1.29 is 0 Å². The van der Waals surface area contributed by atoms with Gasteiger partial charge in [-0.05, 0) is 41.0 Å². The molecule has 0 bridgehead atoms. The quantitative estimate of drug-likeness (QED) is 0.563. The SMILES string of the molecule is CN(C)c1ccc([C@@H]2N=C(c3ccc(Cl)cc3)[C@@H]3[C@@H](c4ccccc4)N32)cc1. The molecule has 4 atom stereocenters. The lowest BCUT2D eigenvalue weighted by molar-refractivity contribution is 0.404. The molecule has 0 spiro atoms. The zero-order valence-electron chi connectivity index (χ0n) is 16.0. The second-order valence-electron chi connectivity index (χ2n) is 7.63. The Hall–Kier alpha value is -2.62. The number of aliphatic imine (C=N–C) groups is 1. The van der Waals surface area contributed by atoms with E-state index in [2.05, 4.69) is 90.6 Å². The van der Waals surface area contributed by atoms with Crippen LogP contribution in [0.4, 0.5) is 5.69 Å². The number of benzene rings is 3. The van der Waals surface area contributed by atoms with Gasteiger partial charge in [0.15, 0.2) is 0 Å². The van der Waals surface area contributed by atoms with E-state index in [0.717, 1.165) is 16.3 Å². The van der Waals surface area contributed by atoms with Gasteiger partial charge in [0.2, 0.25) is 0 Å². The fourth-order valence-electron chi connectivity index (χ4n) is 4.18. The highest BCUT2D eigenvalue weighted by atomic mass is 35.5. The summed E-state index contributed by atoms with van der Waals surface area (Å²) >= 11 is 6.10. The lowest BCUT2D eigenvalue weighted by Gasteiger charge is -2.17. The summed E-state index contributed by atoms with van der Waals surface area (Å²) in [5, 5.41) is 0.755. The van der Waals surface area contributed by atoms with Crippen LogP contribution in [0.5, 0.6) is 0 Å². The first-order valence-electron chi connectivity index (χ1n) is 9.57. The van der Waals surface area contributed by atoms with Crippen molar-refractivity contribution >= 4 is 23.0 Å². The Balaban J connectivity index is 1.53. The van der Waals surface area contributed by atoms with E-state index in [9.17, 15) is 0 Å². The number of halogens is 1. The van der Waals surface area contributed by atoms with Crippen LogP contribution in [-0.2, 0) is 0 Å². The maximum absolute atomic E-state index is 6.10. The minimum atomic E-state index is 0.0529. The van der Waals surface area contributed by atoms with Gasteiger partial charge < -0.3 is 4.90 Å². The largest absolute Gasteiger partial charge is 0.378 e. The second-order valence-corrected chi connectivity index (χ2v) is 8.06. The van der Waals surface area contributed by atoms with Crippen molar-refractivity contribution in [3.63, 3.8) is 0 Å². The lowest BCUT2D eigenvalue weighted by Crippen LogP contribution is -2.10. The van der Waals surface area contributed by atoms with Gasteiger partial charge in [-0.2, -0.15) is 0 Å². The zero-order chi connectivity index (χ0) is 19.3. The van der Waals surface area contributed by atoms with Gasteiger partial charge in [-0.1, -0.05) is 66.2 Å². The molecule has 1 saturated heterocycles. The zero-order valence-corrected chi connectivity index (χ0v) is 16.7. The summed E-state index contributed by atoms with van der Waals surface area (Å²) in [5.74, 6) is 0. The lowest BCUT2D eigenvalue weighted by atomic mass is 10.0. The summed E-state index contributed by atoms with van der Waals surface area (Å²) in [6.45, 7) is 0. The summed E-state index contributed by atoms with van der Waals surface area (Å²) in [4.78, 5) is 9.75. The Bertz CT molecular complexity index is 1010. The average Bonchev–Trinajstić information content (AvgIpc) is 3.34. The van der Waals surface area contributed by atoms with Crippen molar-refractivity contribution in [1.29, 1.82) is 0 Å². The highest BCUT2D eigenvalue weighted by molar-refractivity contribution is 6.30. The van der Waals surface area contributed by atoms with Crippen molar-refractivity contribution in [3.8, 4) is 0 Å². The van der Waals surface area contributed by atoms with E-state index in [-0.39, 0.29) is 6.17 Å². The first-order chi connectivity index (χ1) is 13.6. The first kappa shape index (κ1) is 17.5. The predicted octanol–water partition coefficient (Wildman–Crippen LogP) is 5.33. The number of rotatable bonds is 4. The Labute approximate surface area is 170 Å². The average molecular weight is 388 g/mol. The molecular weight excluding hydrogens is 366 g/mol. The number of fused-ring (bicyclic) bond motifs is 1. The third-order valence-electron chi connectivity index (χ3n) is 5.66. The van der Waals surface area contributed by atoms with E-state index in [0.29, 0.717) is 12.1 Å². The van der Waals surface area contributed by atoms with Crippen LogP contribution in [0.15, 0.2) is 83.9 Å². The molecular formula is C24H22ClN3. The number of nitrogens with zero attached hydrogens (tertiary/aromatic N) is 3. The van der Waals surface area contributed by atoms with Gasteiger partial charge in [0, 0.05) is 24.8 Å². The van der Waals surface area contributed by atoms with Crippen LogP contribution in [0.2, 0.25) is 5.02 Å². The summed E-state index contributed by atoms with van der Waals surface area (Å²) < 4.78 is 0. The maximum atomic E-state index is 6.10. The Kier molecular flexibility index (Phi) is 4.22. The molecule has 2 aliphatic rings. The molecule has 0 radical (unpaired) electrons. The topological polar surface area (TPSA) is 18.6 Å². The molecule has 2 heterocycles. The molecule has 5 rings (SSSR count). The van der Waals surface area contributed by atoms with Crippen molar-refractivity contribution in [2.75, 3.05) is 19.0 Å². The van der Waals surface area contributed by atoms with Crippen molar-refractivity contribution in [1.82, 2.24) is 4.90 Å². The molecule has 28 heavy (non-hydrogen) atoms. The van der Waals surface area contributed by atoms with Crippen molar-refractivity contribution in [2.45, 2.75) is 18.2 Å². The fourth-order valence-corrected chi connectivity index (χ4v) is 4.31. The third-order valence-corrected chi connectivity index (χ3v) is 5.92. The molecule has 2 aliphatic heterocycles. The molecule has 0 N–H and O–H groups in total. The molecule has 0 amide bonds. The Morgan fingerprint density at radius 3 is 2.11 bits per heavy atom. The van der Waals surface area contributed by atoms with E-state index >= 15 is 0 Å². The second kappa shape index (κ2) is 6.77. The summed E-state index contributed by atoms with van der Waals surface area (Å²) in [7, 11) is 4.13. The van der Waals surface area contributed by atoms with Crippen molar-refractivity contribution in [3.05, 3.63) is 101 Å². The molecule has 3 nitrogen and oxygen atoms in total. The van der Waals surface area contributed by atoms with Gasteiger partial charge in [0.25, 0.3) is 0 Å². The maximum Gasteiger partial charge on any atom is 0.129 e. The first-order valence-corrected chi connectivity index (χ1v) is 9.94. The molecule has 4 heteroatoms. The van der Waals surface area contributed by atoms with Gasteiger partial charge in [-0.25, -0.2) is 0 Å². The fraction of sp³-hybridized carbons (Fsp3) is 0.208. The molecule has 0 aromatic heterocycles. The number of hydrogen-bond acceptors (Lipinski definition) is 3. The van der Waals surface area contributed by atoms with Gasteiger partial charge in [0.1, 0.15) is 6.17 Å². The van der Waals surface area contributed by atoms with E-state index < -0.39 is 0 Å². The smallest absolute Gasteiger partial charge is 0.129 e. The van der Waals surface area contributed by atoms with E-state index in [4.69, 9.17) is 16.6 Å². The molecule has 1 unspecified atom stereocenters. The molecule has 140 valence electrons. The van der Waals surface area contributed by atoms with Crippen LogP contribution in [0, 0.1) is 0 Å². The normalized spacial score (nSPS) is 25.2. The predicted molar refractivity (Wildman–Crippen MR) is 116 cm³/mol. The van der Waals surface area contributed by atoms with Crippen LogP contribution in [0.3, 0.4) is 0 Å². The van der Waals surface area contributed by atoms with Crippen LogP contribution in [-0.4, -0.2) is 30.7 Å².